The van der Waals surface area contributed by atoms with E-state index in [2.05, 4.69) is 24.1 Å². The molecule has 0 bridgehead atoms. The molecular formula is C17H30N2O2. The first-order chi connectivity index (χ1) is 10.0. The van der Waals surface area contributed by atoms with E-state index in [4.69, 9.17) is 4.74 Å². The largest absolute Gasteiger partial charge is 0.468 e. The molecule has 4 heteroatoms. The first-order valence-electron chi connectivity index (χ1n) is 8.65. The van der Waals surface area contributed by atoms with Crippen molar-refractivity contribution in [3.8, 4) is 0 Å². The number of carbonyl (C=O) groups excluding carboxylic acids is 1. The summed E-state index contributed by atoms with van der Waals surface area (Å²) in [7, 11) is 1.54. The minimum absolute atomic E-state index is 0.0358. The van der Waals surface area contributed by atoms with E-state index >= 15 is 0 Å². The number of ether oxygens (including phenoxy) is 1. The van der Waals surface area contributed by atoms with Crippen molar-refractivity contribution in [2.24, 2.45) is 11.8 Å². The summed E-state index contributed by atoms with van der Waals surface area (Å²) < 4.78 is 5.22. The third kappa shape index (κ3) is 3.59. The standard InChI is InChI=1S/C17H30N2O2/c1-12(2)10-19(15-8-9-15)11-17(13-4-5-13,16(20)21-3)18-14-6-7-14/h12-15,18H,4-11H2,1-3H3. The lowest BCUT2D eigenvalue weighted by Gasteiger charge is -2.38. The fourth-order valence-electron chi connectivity index (χ4n) is 3.50. The van der Waals surface area contributed by atoms with Gasteiger partial charge in [-0.3, -0.25) is 10.2 Å². The van der Waals surface area contributed by atoms with Crippen LogP contribution >= 0.6 is 0 Å². The van der Waals surface area contributed by atoms with E-state index in [1.165, 1.54) is 32.8 Å². The van der Waals surface area contributed by atoms with Gasteiger partial charge in [0.2, 0.25) is 0 Å². The highest BCUT2D eigenvalue weighted by molar-refractivity contribution is 5.82. The Hall–Kier alpha value is -0.610. The number of hydrogen-bond acceptors (Lipinski definition) is 4. The molecule has 0 saturated heterocycles. The van der Waals surface area contributed by atoms with Crippen molar-refractivity contribution >= 4 is 5.97 Å². The summed E-state index contributed by atoms with van der Waals surface area (Å²) >= 11 is 0. The van der Waals surface area contributed by atoms with Crippen LogP contribution in [0.4, 0.5) is 0 Å². The Kier molecular flexibility index (Phi) is 4.28. The van der Waals surface area contributed by atoms with Crippen LogP contribution in [0.3, 0.4) is 0 Å². The highest BCUT2D eigenvalue weighted by Crippen LogP contribution is 2.44. The Morgan fingerprint density at radius 2 is 1.90 bits per heavy atom. The third-order valence-corrected chi connectivity index (χ3v) is 4.98. The monoisotopic (exact) mass is 294 g/mol. The lowest BCUT2D eigenvalue weighted by atomic mass is 9.91. The number of carbonyl (C=O) groups is 1. The Morgan fingerprint density at radius 3 is 2.33 bits per heavy atom. The molecule has 0 amide bonds. The van der Waals surface area contributed by atoms with E-state index in [9.17, 15) is 4.79 Å². The van der Waals surface area contributed by atoms with Gasteiger partial charge in [-0.25, -0.2) is 4.79 Å². The average Bonchev–Trinajstić information content (AvgIpc) is 3.29. The molecule has 3 saturated carbocycles. The van der Waals surface area contributed by atoms with Crippen LogP contribution < -0.4 is 5.32 Å². The van der Waals surface area contributed by atoms with Crippen LogP contribution in [0.2, 0.25) is 0 Å². The van der Waals surface area contributed by atoms with Crippen LogP contribution in [0.15, 0.2) is 0 Å². The zero-order valence-corrected chi connectivity index (χ0v) is 13.7. The first kappa shape index (κ1) is 15.3. The summed E-state index contributed by atoms with van der Waals surface area (Å²) in [6.45, 7) is 6.45. The summed E-state index contributed by atoms with van der Waals surface area (Å²) in [6, 6.07) is 1.22. The predicted octanol–water partition coefficient (Wildman–Crippen LogP) is 2.18. The SMILES string of the molecule is COC(=O)C(CN(CC(C)C)C1CC1)(NC1CC1)C1CC1. The number of methoxy groups -OCH3 is 1. The number of hydrogen-bond donors (Lipinski definition) is 1. The van der Waals surface area contributed by atoms with Crippen molar-refractivity contribution in [2.45, 2.75) is 70.0 Å². The Labute approximate surface area is 128 Å². The molecule has 0 aromatic carbocycles. The van der Waals surface area contributed by atoms with Crippen molar-refractivity contribution < 1.29 is 9.53 Å². The molecule has 1 N–H and O–H groups in total. The molecule has 21 heavy (non-hydrogen) atoms. The minimum Gasteiger partial charge on any atom is -0.468 e. The van der Waals surface area contributed by atoms with Gasteiger partial charge in [0.25, 0.3) is 0 Å². The summed E-state index contributed by atoms with van der Waals surface area (Å²) in [4.78, 5) is 15.2. The van der Waals surface area contributed by atoms with Gasteiger partial charge in [-0.15, -0.1) is 0 Å². The smallest absolute Gasteiger partial charge is 0.327 e. The fourth-order valence-corrected chi connectivity index (χ4v) is 3.50. The molecule has 0 radical (unpaired) electrons. The van der Waals surface area contributed by atoms with Gasteiger partial charge in [0.1, 0.15) is 5.54 Å². The minimum atomic E-state index is -0.451. The normalized spacial score (nSPS) is 25.2. The van der Waals surface area contributed by atoms with Gasteiger partial charge >= 0.3 is 5.97 Å². The van der Waals surface area contributed by atoms with Gasteiger partial charge in [0.15, 0.2) is 0 Å². The molecule has 0 heterocycles. The number of rotatable bonds is 9. The molecule has 0 aliphatic heterocycles. The van der Waals surface area contributed by atoms with E-state index in [0.717, 1.165) is 25.9 Å². The second kappa shape index (κ2) is 5.88. The van der Waals surface area contributed by atoms with Crippen molar-refractivity contribution in [1.82, 2.24) is 10.2 Å². The van der Waals surface area contributed by atoms with Crippen LogP contribution in [0.5, 0.6) is 0 Å². The molecule has 0 aromatic rings. The molecular weight excluding hydrogens is 264 g/mol. The van der Waals surface area contributed by atoms with Gasteiger partial charge in [0.05, 0.1) is 7.11 Å². The summed E-state index contributed by atoms with van der Waals surface area (Å²) in [6.07, 6.45) is 7.32. The molecule has 4 nitrogen and oxygen atoms in total. The van der Waals surface area contributed by atoms with Gasteiger partial charge in [0, 0.05) is 25.2 Å². The van der Waals surface area contributed by atoms with Gasteiger partial charge < -0.3 is 4.74 Å². The van der Waals surface area contributed by atoms with Crippen LogP contribution in [0.1, 0.15) is 52.4 Å². The van der Waals surface area contributed by atoms with Crippen molar-refractivity contribution in [3.05, 3.63) is 0 Å². The maximum atomic E-state index is 12.6. The van der Waals surface area contributed by atoms with E-state index < -0.39 is 5.54 Å². The maximum absolute atomic E-state index is 12.6. The number of nitrogens with one attached hydrogen (secondary N) is 1. The molecule has 1 unspecified atom stereocenters. The number of nitrogens with zero attached hydrogens (tertiary/aromatic N) is 1. The van der Waals surface area contributed by atoms with Gasteiger partial charge in [-0.2, -0.15) is 0 Å². The van der Waals surface area contributed by atoms with Crippen LogP contribution in [0, 0.1) is 11.8 Å². The van der Waals surface area contributed by atoms with Crippen molar-refractivity contribution in [1.29, 1.82) is 0 Å². The Balaban J connectivity index is 1.77. The number of esters is 1. The van der Waals surface area contributed by atoms with Gasteiger partial charge in [-0.1, -0.05) is 13.8 Å². The molecule has 3 rings (SSSR count). The summed E-state index contributed by atoms with van der Waals surface area (Å²) in [5.74, 6) is 1.08. The lowest BCUT2D eigenvalue weighted by Crippen LogP contribution is -2.62. The van der Waals surface area contributed by atoms with Crippen molar-refractivity contribution in [2.75, 3.05) is 20.2 Å². The van der Waals surface area contributed by atoms with E-state index in [0.29, 0.717) is 23.9 Å². The van der Waals surface area contributed by atoms with E-state index in [1.807, 2.05) is 0 Å². The Bertz CT molecular complexity index is 386. The fraction of sp³-hybridized carbons (Fsp3) is 0.941. The third-order valence-electron chi connectivity index (χ3n) is 4.98. The Morgan fingerprint density at radius 1 is 1.24 bits per heavy atom. The summed E-state index contributed by atoms with van der Waals surface area (Å²) in [5.41, 5.74) is -0.451. The second-order valence-electron chi connectivity index (χ2n) is 7.71. The second-order valence-corrected chi connectivity index (χ2v) is 7.71. The molecule has 120 valence electrons. The first-order valence-corrected chi connectivity index (χ1v) is 8.65. The van der Waals surface area contributed by atoms with Crippen LogP contribution in [-0.4, -0.2) is 48.7 Å². The van der Waals surface area contributed by atoms with Crippen molar-refractivity contribution in [3.63, 3.8) is 0 Å². The maximum Gasteiger partial charge on any atom is 0.327 e. The summed E-state index contributed by atoms with van der Waals surface area (Å²) in [5, 5.41) is 3.69. The highest BCUT2D eigenvalue weighted by Gasteiger charge is 2.55. The molecule has 1 atom stereocenters. The predicted molar refractivity (Wildman–Crippen MR) is 83.1 cm³/mol. The molecule has 3 fully saturated rings. The molecule has 3 aliphatic carbocycles. The quantitative estimate of drug-likeness (QED) is 0.662. The lowest BCUT2D eigenvalue weighted by molar-refractivity contribution is -0.151. The zero-order chi connectivity index (χ0) is 15.0. The average molecular weight is 294 g/mol. The molecule has 0 aromatic heterocycles. The van der Waals surface area contributed by atoms with Crippen LogP contribution in [0.25, 0.3) is 0 Å². The zero-order valence-electron chi connectivity index (χ0n) is 13.7. The molecule has 3 aliphatic rings. The molecule has 0 spiro atoms. The topological polar surface area (TPSA) is 41.6 Å². The van der Waals surface area contributed by atoms with Crippen LogP contribution in [-0.2, 0) is 9.53 Å². The van der Waals surface area contributed by atoms with E-state index in [-0.39, 0.29) is 5.97 Å². The van der Waals surface area contributed by atoms with E-state index in [1.54, 1.807) is 0 Å². The van der Waals surface area contributed by atoms with Gasteiger partial charge in [-0.05, 0) is 50.4 Å². The highest BCUT2D eigenvalue weighted by atomic mass is 16.5.